The zero-order valence-corrected chi connectivity index (χ0v) is 15.4. The van der Waals surface area contributed by atoms with E-state index in [2.05, 4.69) is 14.8 Å². The fourth-order valence-electron chi connectivity index (χ4n) is 2.78. The molecule has 1 saturated heterocycles. The molecular weight excluding hydrogens is 356 g/mol. The molecule has 0 aromatic heterocycles. The van der Waals surface area contributed by atoms with Crippen molar-refractivity contribution in [3.63, 3.8) is 0 Å². The number of likely N-dealkylation sites (tertiary alicyclic amines) is 1. The molecule has 1 aromatic rings. The molecule has 1 aliphatic rings. The topological polar surface area (TPSA) is 111 Å². The second-order valence-corrected chi connectivity index (χ2v) is 6.01. The average Bonchev–Trinajstić information content (AvgIpc) is 3.05. The first-order valence-corrected chi connectivity index (χ1v) is 8.29. The number of esters is 2. The third-order valence-electron chi connectivity index (χ3n) is 4.19. The number of rotatable bonds is 7. The second-order valence-electron chi connectivity index (χ2n) is 6.01. The lowest BCUT2D eigenvalue weighted by molar-refractivity contribution is -0.128. The van der Waals surface area contributed by atoms with Gasteiger partial charge >= 0.3 is 11.9 Å². The minimum atomic E-state index is -0.655. The Morgan fingerprint density at radius 2 is 1.67 bits per heavy atom. The van der Waals surface area contributed by atoms with Gasteiger partial charge in [-0.15, -0.1) is 0 Å². The Hall–Kier alpha value is -2.94. The monoisotopic (exact) mass is 378 g/mol. The zero-order chi connectivity index (χ0) is 20.0. The standard InChI is InChI=1S/C18H22N2O7/c1-25-5-4-20-10-13(9-15(20)21)16(22)19-14-7-11(17(23)26-2)6-12(8-14)18(24)27-3/h6-8,13H,4-5,9-10H2,1-3H3,(H,19,22). The van der Waals surface area contributed by atoms with Crippen LogP contribution in [0.2, 0.25) is 0 Å². The molecule has 0 spiro atoms. The third kappa shape index (κ3) is 5.04. The Bertz CT molecular complexity index is 713. The van der Waals surface area contributed by atoms with Crippen molar-refractivity contribution in [2.24, 2.45) is 5.92 Å². The number of ether oxygens (including phenoxy) is 3. The van der Waals surface area contributed by atoms with Crippen LogP contribution in [0.25, 0.3) is 0 Å². The summed E-state index contributed by atoms with van der Waals surface area (Å²) in [6.45, 7) is 1.10. The van der Waals surface area contributed by atoms with Gasteiger partial charge in [0.25, 0.3) is 0 Å². The van der Waals surface area contributed by atoms with E-state index in [9.17, 15) is 19.2 Å². The number of amides is 2. The van der Waals surface area contributed by atoms with E-state index in [1.807, 2.05) is 0 Å². The predicted octanol–water partition coefficient (Wildman–Crippen LogP) is 0.693. The van der Waals surface area contributed by atoms with E-state index in [1.165, 1.54) is 39.5 Å². The quantitative estimate of drug-likeness (QED) is 0.695. The van der Waals surface area contributed by atoms with Gasteiger partial charge in [0, 0.05) is 32.3 Å². The summed E-state index contributed by atoms with van der Waals surface area (Å²) >= 11 is 0. The van der Waals surface area contributed by atoms with Crippen molar-refractivity contribution in [3.8, 4) is 0 Å². The van der Waals surface area contributed by atoms with Crippen molar-refractivity contribution in [2.45, 2.75) is 6.42 Å². The predicted molar refractivity (Wildman–Crippen MR) is 94.3 cm³/mol. The number of nitrogens with one attached hydrogen (secondary N) is 1. The summed E-state index contributed by atoms with van der Waals surface area (Å²) in [4.78, 5) is 49.7. The molecule has 9 heteroatoms. The molecule has 1 N–H and O–H groups in total. The summed E-state index contributed by atoms with van der Waals surface area (Å²) < 4.78 is 14.3. The normalized spacial score (nSPS) is 16.2. The van der Waals surface area contributed by atoms with E-state index < -0.39 is 17.9 Å². The largest absolute Gasteiger partial charge is 0.465 e. The molecular formula is C18H22N2O7. The van der Waals surface area contributed by atoms with Crippen LogP contribution < -0.4 is 5.32 Å². The van der Waals surface area contributed by atoms with Crippen LogP contribution in [0, 0.1) is 5.92 Å². The van der Waals surface area contributed by atoms with Gasteiger partial charge in [-0.05, 0) is 18.2 Å². The fourth-order valence-corrected chi connectivity index (χ4v) is 2.78. The number of nitrogens with zero attached hydrogens (tertiary/aromatic N) is 1. The molecule has 1 atom stereocenters. The number of hydrogen-bond acceptors (Lipinski definition) is 7. The Kier molecular flexibility index (Phi) is 6.89. The molecule has 2 rings (SSSR count). The van der Waals surface area contributed by atoms with Crippen molar-refractivity contribution in [3.05, 3.63) is 29.3 Å². The molecule has 0 radical (unpaired) electrons. The number of benzene rings is 1. The van der Waals surface area contributed by atoms with Gasteiger partial charge in [-0.2, -0.15) is 0 Å². The molecule has 0 bridgehead atoms. The van der Waals surface area contributed by atoms with E-state index >= 15 is 0 Å². The van der Waals surface area contributed by atoms with Crippen molar-refractivity contribution >= 4 is 29.4 Å². The van der Waals surface area contributed by atoms with Gasteiger partial charge in [-0.1, -0.05) is 0 Å². The first-order valence-electron chi connectivity index (χ1n) is 8.29. The molecule has 1 aliphatic heterocycles. The van der Waals surface area contributed by atoms with Gasteiger partial charge in [-0.3, -0.25) is 9.59 Å². The molecule has 9 nitrogen and oxygen atoms in total. The van der Waals surface area contributed by atoms with Crippen molar-refractivity contribution < 1.29 is 33.4 Å². The molecule has 1 fully saturated rings. The molecule has 27 heavy (non-hydrogen) atoms. The van der Waals surface area contributed by atoms with Crippen LogP contribution in [-0.4, -0.2) is 69.7 Å². The van der Waals surface area contributed by atoms with E-state index in [0.717, 1.165) is 0 Å². The van der Waals surface area contributed by atoms with E-state index in [1.54, 1.807) is 4.90 Å². The average molecular weight is 378 g/mol. The number of hydrogen-bond donors (Lipinski definition) is 1. The first kappa shape index (κ1) is 20.4. The van der Waals surface area contributed by atoms with Crippen LogP contribution in [0.5, 0.6) is 0 Å². The Labute approximate surface area is 156 Å². The molecule has 1 heterocycles. The minimum Gasteiger partial charge on any atom is -0.465 e. The molecule has 0 saturated carbocycles. The summed E-state index contributed by atoms with van der Waals surface area (Å²) in [5.41, 5.74) is 0.436. The maximum atomic E-state index is 12.5. The Morgan fingerprint density at radius 1 is 1.07 bits per heavy atom. The molecule has 1 aromatic carbocycles. The Balaban J connectivity index is 2.16. The minimum absolute atomic E-state index is 0.0934. The van der Waals surface area contributed by atoms with Crippen LogP contribution >= 0.6 is 0 Å². The smallest absolute Gasteiger partial charge is 0.337 e. The van der Waals surface area contributed by atoms with Gasteiger partial charge in [-0.25, -0.2) is 9.59 Å². The summed E-state index contributed by atoms with van der Waals surface area (Å²) in [6, 6.07) is 4.12. The van der Waals surface area contributed by atoms with Crippen LogP contribution in [0.15, 0.2) is 18.2 Å². The maximum Gasteiger partial charge on any atom is 0.337 e. The number of carbonyl (C=O) groups is 4. The van der Waals surface area contributed by atoms with Crippen molar-refractivity contribution in [1.82, 2.24) is 4.90 Å². The summed E-state index contributed by atoms with van der Waals surface area (Å²) in [6.07, 6.45) is 0.0934. The lowest BCUT2D eigenvalue weighted by Gasteiger charge is -2.16. The first-order chi connectivity index (χ1) is 12.9. The Morgan fingerprint density at radius 3 is 2.19 bits per heavy atom. The third-order valence-corrected chi connectivity index (χ3v) is 4.19. The highest BCUT2D eigenvalue weighted by Crippen LogP contribution is 2.22. The number of carbonyl (C=O) groups excluding carboxylic acids is 4. The molecule has 0 aliphatic carbocycles. The van der Waals surface area contributed by atoms with Crippen molar-refractivity contribution in [2.75, 3.05) is 46.3 Å². The summed E-state index contributed by atoms with van der Waals surface area (Å²) in [5.74, 6) is -2.33. The van der Waals surface area contributed by atoms with Crippen LogP contribution in [-0.2, 0) is 23.8 Å². The van der Waals surface area contributed by atoms with E-state index in [0.29, 0.717) is 13.2 Å². The summed E-state index contributed by atoms with van der Waals surface area (Å²) in [7, 11) is 3.96. The molecule has 1 unspecified atom stereocenters. The number of anilines is 1. The zero-order valence-electron chi connectivity index (χ0n) is 15.4. The lowest BCUT2D eigenvalue weighted by Crippen LogP contribution is -2.30. The van der Waals surface area contributed by atoms with Gasteiger partial charge in [0.1, 0.15) is 0 Å². The SMILES string of the molecule is COCCN1CC(C(=O)Nc2cc(C(=O)OC)cc(C(=O)OC)c2)CC1=O. The second kappa shape index (κ2) is 9.13. The summed E-state index contributed by atoms with van der Waals surface area (Å²) in [5, 5.41) is 2.66. The van der Waals surface area contributed by atoms with Crippen LogP contribution in [0.1, 0.15) is 27.1 Å². The van der Waals surface area contributed by atoms with E-state index in [4.69, 9.17) is 4.74 Å². The van der Waals surface area contributed by atoms with Crippen LogP contribution in [0.4, 0.5) is 5.69 Å². The highest BCUT2D eigenvalue weighted by atomic mass is 16.5. The van der Waals surface area contributed by atoms with Gasteiger partial charge in [0.15, 0.2) is 0 Å². The fraction of sp³-hybridized carbons (Fsp3) is 0.444. The highest BCUT2D eigenvalue weighted by Gasteiger charge is 2.34. The lowest BCUT2D eigenvalue weighted by atomic mass is 10.1. The van der Waals surface area contributed by atoms with Gasteiger partial charge in [0.2, 0.25) is 11.8 Å². The van der Waals surface area contributed by atoms with Gasteiger partial charge < -0.3 is 24.4 Å². The number of methoxy groups -OCH3 is 3. The molecule has 146 valence electrons. The molecule has 2 amide bonds. The van der Waals surface area contributed by atoms with Gasteiger partial charge in [0.05, 0.1) is 37.9 Å². The van der Waals surface area contributed by atoms with E-state index in [-0.39, 0.29) is 41.6 Å². The maximum absolute atomic E-state index is 12.5. The highest BCUT2D eigenvalue weighted by molar-refractivity contribution is 6.01. The van der Waals surface area contributed by atoms with Crippen LogP contribution in [0.3, 0.4) is 0 Å². The van der Waals surface area contributed by atoms with Crippen molar-refractivity contribution in [1.29, 1.82) is 0 Å².